The van der Waals surface area contributed by atoms with Gasteiger partial charge in [0.2, 0.25) is 0 Å². The highest BCUT2D eigenvalue weighted by atomic mass is 16.5. The topological polar surface area (TPSA) is 52.6 Å². The van der Waals surface area contributed by atoms with Gasteiger partial charge in [-0.25, -0.2) is 0 Å². The van der Waals surface area contributed by atoms with Gasteiger partial charge in [-0.15, -0.1) is 0 Å². The molecule has 0 heterocycles. The van der Waals surface area contributed by atoms with Crippen LogP contribution in [0.1, 0.15) is 79.1 Å². The average Bonchev–Trinajstić information content (AvgIpc) is 2.58. The maximum Gasteiger partial charge on any atom is 0.312 e. The molecule has 3 aliphatic carbocycles. The van der Waals surface area contributed by atoms with E-state index in [2.05, 4.69) is 20.8 Å². The Labute approximate surface area is 158 Å². The molecule has 5 atom stereocenters. The molecule has 26 heavy (non-hydrogen) atoms. The van der Waals surface area contributed by atoms with Gasteiger partial charge in [0.25, 0.3) is 0 Å². The number of ether oxygens (including phenoxy) is 2. The number of esters is 2. The maximum absolute atomic E-state index is 13.1. The Bertz CT molecular complexity index is 597. The van der Waals surface area contributed by atoms with Crippen molar-refractivity contribution in [3.63, 3.8) is 0 Å². The number of rotatable bonds is 2. The first-order chi connectivity index (χ1) is 12.1. The number of carbonyl (C=O) groups excluding carboxylic acids is 2. The molecular weight excluding hydrogens is 328 g/mol. The van der Waals surface area contributed by atoms with Crippen LogP contribution in [0.4, 0.5) is 0 Å². The number of hydrogen-bond acceptors (Lipinski definition) is 4. The third-order valence-corrected chi connectivity index (χ3v) is 8.58. The van der Waals surface area contributed by atoms with Crippen LogP contribution in [0.3, 0.4) is 0 Å². The molecule has 3 saturated carbocycles. The molecule has 3 rings (SSSR count). The van der Waals surface area contributed by atoms with Crippen LogP contribution in [0.2, 0.25) is 0 Å². The van der Waals surface area contributed by atoms with Gasteiger partial charge in [-0.3, -0.25) is 9.59 Å². The zero-order valence-corrected chi connectivity index (χ0v) is 17.4. The SMILES string of the molecule is COC(=O)C1(C)CCC2C(C(=O)OC)(CCC3C(C)(C)CCCC32C)C1. The van der Waals surface area contributed by atoms with E-state index in [1.54, 1.807) is 0 Å². The quantitative estimate of drug-likeness (QED) is 0.663. The standard InChI is InChI=1S/C22H36O4/c1-19(2)10-7-11-21(4)15(19)9-13-22(18(24)26-6)14-20(3,17(23)25-5)12-8-16(21)22/h15-16H,7-14H2,1-6H3. The van der Waals surface area contributed by atoms with Crippen molar-refractivity contribution in [2.24, 2.45) is 33.5 Å². The van der Waals surface area contributed by atoms with Crippen LogP contribution in [0, 0.1) is 33.5 Å². The Morgan fingerprint density at radius 1 is 0.808 bits per heavy atom. The summed E-state index contributed by atoms with van der Waals surface area (Å²) in [5.41, 5.74) is -0.675. The molecule has 0 aromatic heterocycles. The van der Waals surface area contributed by atoms with Gasteiger partial charge in [0, 0.05) is 0 Å². The highest BCUT2D eigenvalue weighted by molar-refractivity contribution is 5.82. The molecule has 0 radical (unpaired) electrons. The second kappa shape index (κ2) is 6.24. The Morgan fingerprint density at radius 3 is 2.04 bits per heavy atom. The van der Waals surface area contributed by atoms with Gasteiger partial charge in [-0.2, -0.15) is 0 Å². The minimum Gasteiger partial charge on any atom is -0.469 e. The lowest BCUT2D eigenvalue weighted by molar-refractivity contribution is -0.202. The molecule has 4 nitrogen and oxygen atoms in total. The van der Waals surface area contributed by atoms with Crippen LogP contribution in [-0.4, -0.2) is 26.2 Å². The van der Waals surface area contributed by atoms with E-state index in [4.69, 9.17) is 9.47 Å². The van der Waals surface area contributed by atoms with Gasteiger partial charge in [0.1, 0.15) is 0 Å². The number of fused-ring (bicyclic) bond motifs is 3. The van der Waals surface area contributed by atoms with E-state index in [0.29, 0.717) is 23.7 Å². The predicted molar refractivity (Wildman–Crippen MR) is 100 cm³/mol. The van der Waals surface area contributed by atoms with Gasteiger partial charge in [0.15, 0.2) is 0 Å². The molecule has 0 bridgehead atoms. The monoisotopic (exact) mass is 364 g/mol. The second-order valence-corrected chi connectivity index (χ2v) is 10.4. The smallest absolute Gasteiger partial charge is 0.312 e. The predicted octanol–water partition coefficient (Wildman–Crippen LogP) is 4.75. The Morgan fingerprint density at radius 2 is 1.42 bits per heavy atom. The third kappa shape index (κ3) is 2.62. The van der Waals surface area contributed by atoms with Crippen molar-refractivity contribution in [1.29, 1.82) is 0 Å². The van der Waals surface area contributed by atoms with E-state index in [0.717, 1.165) is 25.7 Å². The summed E-state index contributed by atoms with van der Waals surface area (Å²) in [7, 11) is 2.95. The van der Waals surface area contributed by atoms with Gasteiger partial charge in [0.05, 0.1) is 25.0 Å². The van der Waals surface area contributed by atoms with Crippen LogP contribution in [-0.2, 0) is 19.1 Å². The lowest BCUT2D eigenvalue weighted by Crippen LogP contribution is -2.61. The summed E-state index contributed by atoms with van der Waals surface area (Å²) < 4.78 is 10.4. The summed E-state index contributed by atoms with van der Waals surface area (Å²) >= 11 is 0. The number of methoxy groups -OCH3 is 2. The fourth-order valence-electron chi connectivity index (χ4n) is 7.52. The van der Waals surface area contributed by atoms with E-state index in [1.165, 1.54) is 33.5 Å². The largest absolute Gasteiger partial charge is 0.469 e. The van der Waals surface area contributed by atoms with E-state index < -0.39 is 10.8 Å². The molecule has 148 valence electrons. The molecule has 4 heteroatoms. The fourth-order valence-corrected chi connectivity index (χ4v) is 7.52. The van der Waals surface area contributed by atoms with Crippen LogP contribution in [0.25, 0.3) is 0 Å². The van der Waals surface area contributed by atoms with Crippen LogP contribution < -0.4 is 0 Å². The third-order valence-electron chi connectivity index (χ3n) is 8.58. The van der Waals surface area contributed by atoms with Crippen molar-refractivity contribution in [2.45, 2.75) is 79.1 Å². The minimum absolute atomic E-state index is 0.111. The van der Waals surface area contributed by atoms with Crippen molar-refractivity contribution in [2.75, 3.05) is 14.2 Å². The molecule has 0 spiro atoms. The van der Waals surface area contributed by atoms with Crippen LogP contribution >= 0.6 is 0 Å². The van der Waals surface area contributed by atoms with E-state index in [-0.39, 0.29) is 17.4 Å². The normalized spacial score (nSPS) is 44.4. The molecule has 0 aromatic rings. The average molecular weight is 365 g/mol. The zero-order chi connectivity index (χ0) is 19.4. The van der Waals surface area contributed by atoms with E-state index in [9.17, 15) is 9.59 Å². The van der Waals surface area contributed by atoms with Crippen molar-refractivity contribution >= 4 is 11.9 Å². The Kier molecular flexibility index (Phi) is 4.73. The molecule has 0 aliphatic heterocycles. The first-order valence-electron chi connectivity index (χ1n) is 10.2. The first-order valence-corrected chi connectivity index (χ1v) is 10.2. The van der Waals surface area contributed by atoms with Crippen LogP contribution in [0.15, 0.2) is 0 Å². The molecule has 0 N–H and O–H groups in total. The summed E-state index contributed by atoms with van der Waals surface area (Å²) in [6.45, 7) is 9.20. The van der Waals surface area contributed by atoms with Gasteiger partial charge < -0.3 is 9.47 Å². The first kappa shape index (κ1) is 19.7. The maximum atomic E-state index is 13.1. The lowest BCUT2D eigenvalue weighted by atomic mass is 9.39. The van der Waals surface area contributed by atoms with E-state index >= 15 is 0 Å². The summed E-state index contributed by atoms with van der Waals surface area (Å²) in [5.74, 6) is 0.628. The van der Waals surface area contributed by atoms with Gasteiger partial charge in [-0.1, -0.05) is 27.2 Å². The lowest BCUT2D eigenvalue weighted by Gasteiger charge is -2.64. The number of hydrogen-bond donors (Lipinski definition) is 0. The molecule has 3 fully saturated rings. The minimum atomic E-state index is -0.590. The summed E-state index contributed by atoms with van der Waals surface area (Å²) in [6.07, 6.45) is 7.82. The van der Waals surface area contributed by atoms with Crippen molar-refractivity contribution in [3.05, 3.63) is 0 Å². The highest BCUT2D eigenvalue weighted by Crippen LogP contribution is 2.69. The van der Waals surface area contributed by atoms with Gasteiger partial charge >= 0.3 is 11.9 Å². The molecular formula is C22H36O4. The summed E-state index contributed by atoms with van der Waals surface area (Å²) in [6, 6.07) is 0. The van der Waals surface area contributed by atoms with Crippen LogP contribution in [0.5, 0.6) is 0 Å². The Balaban J connectivity index is 2.05. The molecule has 0 amide bonds. The molecule has 5 unspecified atom stereocenters. The van der Waals surface area contributed by atoms with Crippen molar-refractivity contribution < 1.29 is 19.1 Å². The molecule has 0 saturated heterocycles. The second-order valence-electron chi connectivity index (χ2n) is 10.4. The molecule has 0 aromatic carbocycles. The summed E-state index contributed by atoms with van der Waals surface area (Å²) in [5, 5.41) is 0. The van der Waals surface area contributed by atoms with E-state index in [1.807, 2.05) is 6.92 Å². The summed E-state index contributed by atoms with van der Waals surface area (Å²) in [4.78, 5) is 25.6. The van der Waals surface area contributed by atoms with Gasteiger partial charge in [-0.05, 0) is 74.5 Å². The highest BCUT2D eigenvalue weighted by Gasteiger charge is 2.66. The van der Waals surface area contributed by atoms with Crippen molar-refractivity contribution in [3.8, 4) is 0 Å². The number of carbonyl (C=O) groups is 2. The van der Waals surface area contributed by atoms with Crippen molar-refractivity contribution in [1.82, 2.24) is 0 Å². The molecule has 3 aliphatic rings. The zero-order valence-electron chi connectivity index (χ0n) is 17.4. The fraction of sp³-hybridized carbons (Fsp3) is 0.909. The Hall–Kier alpha value is -1.06.